The van der Waals surface area contributed by atoms with Gasteiger partial charge in [0.25, 0.3) is 0 Å². The fraction of sp³-hybridized carbons (Fsp3) is 0.600. The number of nitrogens with zero attached hydrogens (tertiary/aromatic N) is 2. The molecule has 0 fully saturated rings. The molecule has 0 N–H and O–H groups in total. The first kappa shape index (κ1) is 14.2. The van der Waals surface area contributed by atoms with Crippen LogP contribution in [-0.2, 0) is 6.42 Å². The van der Waals surface area contributed by atoms with Crippen molar-refractivity contribution < 1.29 is 0 Å². The second-order valence-corrected chi connectivity index (χ2v) is 4.57. The normalized spacial score (nSPS) is 11.4. The number of hydrogen-bond acceptors (Lipinski definition) is 2. The van der Waals surface area contributed by atoms with E-state index in [-0.39, 0.29) is 0 Å². The molecule has 0 radical (unpaired) electrons. The fourth-order valence-electron chi connectivity index (χ4n) is 1.93. The van der Waals surface area contributed by atoms with Crippen molar-refractivity contribution in [3.63, 3.8) is 0 Å². The lowest BCUT2D eigenvalue weighted by molar-refractivity contribution is 0.242. The van der Waals surface area contributed by atoms with Crippen molar-refractivity contribution in [2.75, 3.05) is 39.8 Å². The molecule has 1 aromatic rings. The molecule has 0 aliphatic rings. The molecule has 0 unspecified atom stereocenters. The van der Waals surface area contributed by atoms with Crippen LogP contribution in [0.1, 0.15) is 19.4 Å². The summed E-state index contributed by atoms with van der Waals surface area (Å²) in [5, 5.41) is 0. The van der Waals surface area contributed by atoms with Crippen molar-refractivity contribution in [1.82, 2.24) is 9.80 Å². The Hall–Kier alpha value is -0.860. The molecule has 0 aromatic heterocycles. The average molecular weight is 234 g/mol. The quantitative estimate of drug-likeness (QED) is 0.682. The summed E-state index contributed by atoms with van der Waals surface area (Å²) in [5.74, 6) is 0. The van der Waals surface area contributed by atoms with Crippen molar-refractivity contribution in [2.45, 2.75) is 20.3 Å². The molecule has 0 saturated carbocycles. The minimum atomic E-state index is 1.14. The first-order chi connectivity index (χ1) is 8.26. The summed E-state index contributed by atoms with van der Waals surface area (Å²) >= 11 is 0. The van der Waals surface area contributed by atoms with E-state index in [1.807, 2.05) is 0 Å². The Balaban J connectivity index is 2.19. The van der Waals surface area contributed by atoms with Crippen molar-refractivity contribution >= 4 is 0 Å². The highest BCUT2D eigenvalue weighted by Gasteiger charge is 2.02. The zero-order chi connectivity index (χ0) is 12.5. The first-order valence-electron chi connectivity index (χ1n) is 6.71. The molecule has 0 saturated heterocycles. The zero-order valence-corrected chi connectivity index (χ0v) is 11.5. The lowest BCUT2D eigenvalue weighted by atomic mass is 10.1. The topological polar surface area (TPSA) is 6.48 Å². The molecule has 96 valence electrons. The Morgan fingerprint density at radius 2 is 1.53 bits per heavy atom. The predicted octanol–water partition coefficient (Wildman–Crippen LogP) is 2.50. The van der Waals surface area contributed by atoms with Crippen LogP contribution in [0.5, 0.6) is 0 Å². The summed E-state index contributed by atoms with van der Waals surface area (Å²) in [5.41, 5.74) is 1.43. The molecule has 1 aromatic carbocycles. The summed E-state index contributed by atoms with van der Waals surface area (Å²) in [4.78, 5) is 4.89. The monoisotopic (exact) mass is 234 g/mol. The molecule has 0 atom stereocenters. The minimum Gasteiger partial charge on any atom is -0.305 e. The molecule has 2 heteroatoms. The number of likely N-dealkylation sites (N-methyl/N-ethyl adjacent to an activating group) is 2. The second-order valence-electron chi connectivity index (χ2n) is 4.57. The van der Waals surface area contributed by atoms with Crippen LogP contribution in [0.4, 0.5) is 0 Å². The molecule has 0 aliphatic heterocycles. The Labute approximate surface area is 106 Å². The third-order valence-corrected chi connectivity index (χ3v) is 3.32. The smallest absolute Gasteiger partial charge is 0.0109 e. The summed E-state index contributed by atoms with van der Waals surface area (Å²) in [6, 6.07) is 10.7. The van der Waals surface area contributed by atoms with E-state index < -0.39 is 0 Å². The van der Waals surface area contributed by atoms with Gasteiger partial charge in [0.15, 0.2) is 0 Å². The van der Waals surface area contributed by atoms with Gasteiger partial charge < -0.3 is 9.80 Å². The Bertz CT molecular complexity index is 280. The van der Waals surface area contributed by atoms with Crippen molar-refractivity contribution in [1.29, 1.82) is 0 Å². The van der Waals surface area contributed by atoms with Crippen LogP contribution >= 0.6 is 0 Å². The molecule has 0 spiro atoms. The summed E-state index contributed by atoms with van der Waals surface area (Å²) in [7, 11) is 2.21. The highest BCUT2D eigenvalue weighted by molar-refractivity contribution is 5.14. The van der Waals surface area contributed by atoms with Crippen molar-refractivity contribution in [3.8, 4) is 0 Å². The SMILES string of the molecule is CCN(CC)CCN(C)CCc1ccccc1. The van der Waals surface area contributed by atoms with Crippen LogP contribution in [0.25, 0.3) is 0 Å². The average Bonchev–Trinajstić information content (AvgIpc) is 2.39. The van der Waals surface area contributed by atoms with E-state index >= 15 is 0 Å². The van der Waals surface area contributed by atoms with Gasteiger partial charge in [-0.15, -0.1) is 0 Å². The van der Waals surface area contributed by atoms with Crippen molar-refractivity contribution in [3.05, 3.63) is 35.9 Å². The standard InChI is InChI=1S/C15H26N2/c1-4-17(5-2)14-13-16(3)12-11-15-9-7-6-8-10-15/h6-10H,4-5,11-14H2,1-3H3. The third-order valence-electron chi connectivity index (χ3n) is 3.32. The van der Waals surface area contributed by atoms with Gasteiger partial charge in [-0.05, 0) is 32.1 Å². The van der Waals surface area contributed by atoms with Gasteiger partial charge in [-0.2, -0.15) is 0 Å². The Kier molecular flexibility index (Phi) is 6.90. The lowest BCUT2D eigenvalue weighted by Crippen LogP contribution is -2.33. The van der Waals surface area contributed by atoms with Gasteiger partial charge in [0, 0.05) is 19.6 Å². The first-order valence-corrected chi connectivity index (χ1v) is 6.71. The molecular weight excluding hydrogens is 208 g/mol. The fourth-order valence-corrected chi connectivity index (χ4v) is 1.93. The van der Waals surface area contributed by atoms with Gasteiger partial charge in [0.05, 0.1) is 0 Å². The van der Waals surface area contributed by atoms with E-state index in [2.05, 4.69) is 61.0 Å². The second kappa shape index (κ2) is 8.26. The van der Waals surface area contributed by atoms with Gasteiger partial charge in [0.2, 0.25) is 0 Å². The molecule has 1 rings (SSSR count). The number of hydrogen-bond donors (Lipinski definition) is 0. The largest absolute Gasteiger partial charge is 0.305 e. The molecule has 0 bridgehead atoms. The summed E-state index contributed by atoms with van der Waals surface area (Å²) in [6.45, 7) is 10.3. The van der Waals surface area contributed by atoms with Gasteiger partial charge in [0.1, 0.15) is 0 Å². The van der Waals surface area contributed by atoms with Gasteiger partial charge in [-0.3, -0.25) is 0 Å². The minimum absolute atomic E-state index is 1.14. The molecule has 0 amide bonds. The zero-order valence-electron chi connectivity index (χ0n) is 11.5. The highest BCUT2D eigenvalue weighted by Crippen LogP contribution is 2.00. The maximum atomic E-state index is 2.47. The number of rotatable bonds is 8. The molecule has 0 aliphatic carbocycles. The maximum absolute atomic E-state index is 2.47. The van der Waals surface area contributed by atoms with Crippen LogP contribution in [0.15, 0.2) is 30.3 Å². The predicted molar refractivity (Wildman–Crippen MR) is 75.4 cm³/mol. The Morgan fingerprint density at radius 3 is 2.12 bits per heavy atom. The van der Waals surface area contributed by atoms with Crippen LogP contribution in [-0.4, -0.2) is 49.6 Å². The van der Waals surface area contributed by atoms with Crippen LogP contribution in [0.3, 0.4) is 0 Å². The maximum Gasteiger partial charge on any atom is 0.0109 e. The van der Waals surface area contributed by atoms with Crippen molar-refractivity contribution in [2.24, 2.45) is 0 Å². The number of benzene rings is 1. The van der Waals surface area contributed by atoms with E-state index in [1.54, 1.807) is 0 Å². The Morgan fingerprint density at radius 1 is 0.882 bits per heavy atom. The van der Waals surface area contributed by atoms with Crippen LogP contribution in [0, 0.1) is 0 Å². The summed E-state index contributed by atoms with van der Waals surface area (Å²) < 4.78 is 0. The lowest BCUT2D eigenvalue weighted by Gasteiger charge is -2.23. The van der Waals surface area contributed by atoms with E-state index in [9.17, 15) is 0 Å². The van der Waals surface area contributed by atoms with Crippen LogP contribution < -0.4 is 0 Å². The molecular formula is C15H26N2. The summed E-state index contributed by atoms with van der Waals surface area (Å²) in [6.07, 6.45) is 1.15. The third kappa shape index (κ3) is 5.85. The highest BCUT2D eigenvalue weighted by atomic mass is 15.2. The van der Waals surface area contributed by atoms with E-state index in [1.165, 1.54) is 12.1 Å². The molecule has 2 nitrogen and oxygen atoms in total. The van der Waals surface area contributed by atoms with E-state index in [0.717, 1.165) is 32.6 Å². The molecule has 17 heavy (non-hydrogen) atoms. The van der Waals surface area contributed by atoms with E-state index in [4.69, 9.17) is 0 Å². The van der Waals surface area contributed by atoms with Crippen LogP contribution in [0.2, 0.25) is 0 Å². The van der Waals surface area contributed by atoms with Gasteiger partial charge >= 0.3 is 0 Å². The van der Waals surface area contributed by atoms with Gasteiger partial charge in [-0.1, -0.05) is 44.2 Å². The molecule has 0 heterocycles. The van der Waals surface area contributed by atoms with Gasteiger partial charge in [-0.25, -0.2) is 0 Å². The van der Waals surface area contributed by atoms with E-state index in [0.29, 0.717) is 0 Å².